The summed E-state index contributed by atoms with van der Waals surface area (Å²) in [6.07, 6.45) is 0. The number of anilines is 1. The summed E-state index contributed by atoms with van der Waals surface area (Å²) in [6.45, 7) is 0. The molecular weight excluding hydrogens is 160 g/mol. The summed E-state index contributed by atoms with van der Waals surface area (Å²) in [4.78, 5) is 9.63. The van der Waals surface area contributed by atoms with Crippen molar-refractivity contribution in [1.29, 1.82) is 0 Å². The molecule has 0 atom stereocenters. The maximum atomic E-state index is 10.1. The average Bonchev–Trinajstić information content (AvgIpc) is 1.88. The summed E-state index contributed by atoms with van der Waals surface area (Å²) in [5.74, 6) is 0. The Hall–Kier alpha value is -1.36. The first-order valence-electron chi connectivity index (χ1n) is 2.70. The minimum Gasteiger partial charge on any atom is -0.399 e. The molecule has 4 radical (unpaired) electrons. The highest BCUT2D eigenvalue weighted by atomic mass is 28.1. The molecule has 1 aromatic rings. The predicted octanol–water partition coefficient (Wildman–Crippen LogP) is 0.796. The van der Waals surface area contributed by atoms with Gasteiger partial charge in [-0.05, 0) is 6.07 Å². The number of non-ortho nitro benzene ring substituents is 1. The van der Waals surface area contributed by atoms with Gasteiger partial charge in [0.2, 0.25) is 0 Å². The van der Waals surface area contributed by atoms with Crippen molar-refractivity contribution in [1.82, 2.24) is 0 Å². The van der Waals surface area contributed by atoms with E-state index in [1.807, 2.05) is 0 Å². The molecular formula is C6H6N2O2Si. The van der Waals surface area contributed by atoms with Crippen LogP contribution in [0.5, 0.6) is 0 Å². The van der Waals surface area contributed by atoms with Gasteiger partial charge in [0, 0.05) is 28.8 Å². The van der Waals surface area contributed by atoms with Gasteiger partial charge in [0.25, 0.3) is 5.69 Å². The van der Waals surface area contributed by atoms with Crippen molar-refractivity contribution in [2.75, 3.05) is 5.73 Å². The van der Waals surface area contributed by atoms with Gasteiger partial charge in [0.15, 0.2) is 0 Å². The molecule has 0 amide bonds. The summed E-state index contributed by atoms with van der Waals surface area (Å²) in [6, 6.07) is 5.87. The number of nitrogens with two attached hydrogens (primary N) is 1. The van der Waals surface area contributed by atoms with Gasteiger partial charge in [-0.3, -0.25) is 10.1 Å². The molecule has 0 aliphatic heterocycles. The largest absolute Gasteiger partial charge is 0.399 e. The third-order valence-electron chi connectivity index (χ3n) is 1.08. The summed E-state index contributed by atoms with van der Waals surface area (Å²) < 4.78 is 0. The lowest BCUT2D eigenvalue weighted by atomic mass is 10.3. The van der Waals surface area contributed by atoms with Gasteiger partial charge < -0.3 is 5.73 Å². The average molecular weight is 166 g/mol. The van der Waals surface area contributed by atoms with Crippen molar-refractivity contribution >= 4 is 22.3 Å². The smallest absolute Gasteiger partial charge is 0.271 e. The fourth-order valence-electron chi connectivity index (χ4n) is 0.638. The van der Waals surface area contributed by atoms with E-state index in [-0.39, 0.29) is 16.7 Å². The molecule has 0 heterocycles. The Kier molecular flexibility index (Phi) is 3.26. The van der Waals surface area contributed by atoms with Crippen LogP contribution >= 0.6 is 0 Å². The number of rotatable bonds is 1. The van der Waals surface area contributed by atoms with Crippen LogP contribution in [0.2, 0.25) is 0 Å². The Bertz CT molecular complexity index is 265. The van der Waals surface area contributed by atoms with E-state index in [1.54, 1.807) is 12.1 Å². The molecule has 0 fully saturated rings. The van der Waals surface area contributed by atoms with Crippen molar-refractivity contribution < 1.29 is 4.92 Å². The lowest BCUT2D eigenvalue weighted by molar-refractivity contribution is -0.384. The minimum atomic E-state index is -0.476. The highest BCUT2D eigenvalue weighted by molar-refractivity contribution is 5.75. The van der Waals surface area contributed by atoms with Crippen LogP contribution in [0, 0.1) is 10.1 Å². The fraction of sp³-hybridized carbons (Fsp3) is 0. The standard InChI is InChI=1S/C6H6N2O2.Si/c7-5-2-1-3-6(4-5)8(9)10;/h1-4H,7H2;. The second kappa shape index (κ2) is 3.72. The van der Waals surface area contributed by atoms with E-state index in [2.05, 4.69) is 0 Å². The molecule has 1 aromatic carbocycles. The fourth-order valence-corrected chi connectivity index (χ4v) is 0.638. The zero-order chi connectivity index (χ0) is 7.56. The highest BCUT2D eigenvalue weighted by Gasteiger charge is 2.02. The summed E-state index contributed by atoms with van der Waals surface area (Å²) in [5, 5.41) is 10.1. The van der Waals surface area contributed by atoms with Crippen LogP contribution in [0.15, 0.2) is 24.3 Å². The molecule has 0 saturated heterocycles. The number of hydrogen-bond donors (Lipinski definition) is 1. The second-order valence-corrected chi connectivity index (χ2v) is 1.85. The second-order valence-electron chi connectivity index (χ2n) is 1.85. The molecule has 4 nitrogen and oxygen atoms in total. The van der Waals surface area contributed by atoms with E-state index in [0.29, 0.717) is 5.69 Å². The first-order valence-corrected chi connectivity index (χ1v) is 2.70. The van der Waals surface area contributed by atoms with Gasteiger partial charge >= 0.3 is 0 Å². The van der Waals surface area contributed by atoms with Crippen molar-refractivity contribution in [3.63, 3.8) is 0 Å². The van der Waals surface area contributed by atoms with Gasteiger partial charge in [0.1, 0.15) is 0 Å². The maximum absolute atomic E-state index is 10.1. The van der Waals surface area contributed by atoms with Crippen LogP contribution < -0.4 is 5.73 Å². The lowest BCUT2D eigenvalue weighted by Crippen LogP contribution is -1.89. The summed E-state index contributed by atoms with van der Waals surface area (Å²) in [7, 11) is 0. The number of nitro groups is 1. The molecule has 0 aliphatic rings. The van der Waals surface area contributed by atoms with E-state index >= 15 is 0 Å². The Morgan fingerprint density at radius 3 is 2.45 bits per heavy atom. The van der Waals surface area contributed by atoms with Crippen LogP contribution in [0.1, 0.15) is 0 Å². The molecule has 1 rings (SSSR count). The van der Waals surface area contributed by atoms with Crippen LogP contribution in [0.25, 0.3) is 0 Å². The molecule has 0 bridgehead atoms. The highest BCUT2D eigenvalue weighted by Crippen LogP contribution is 2.13. The number of nitrogens with zero attached hydrogens (tertiary/aromatic N) is 1. The zero-order valence-electron chi connectivity index (χ0n) is 5.65. The molecule has 0 aromatic heterocycles. The first-order chi connectivity index (χ1) is 4.70. The van der Waals surface area contributed by atoms with Gasteiger partial charge in [-0.1, -0.05) is 6.07 Å². The summed E-state index contributed by atoms with van der Waals surface area (Å²) in [5.41, 5.74) is 5.73. The lowest BCUT2D eigenvalue weighted by Gasteiger charge is -1.90. The molecule has 2 N–H and O–H groups in total. The van der Waals surface area contributed by atoms with Crippen molar-refractivity contribution in [2.24, 2.45) is 0 Å². The number of benzene rings is 1. The summed E-state index contributed by atoms with van der Waals surface area (Å²) >= 11 is 0. The van der Waals surface area contributed by atoms with Crippen molar-refractivity contribution in [3.8, 4) is 0 Å². The topological polar surface area (TPSA) is 69.2 Å². The van der Waals surface area contributed by atoms with Crippen LogP contribution in [0.4, 0.5) is 11.4 Å². The van der Waals surface area contributed by atoms with Gasteiger partial charge in [-0.2, -0.15) is 0 Å². The Morgan fingerprint density at radius 1 is 1.45 bits per heavy atom. The van der Waals surface area contributed by atoms with E-state index in [9.17, 15) is 10.1 Å². The van der Waals surface area contributed by atoms with Crippen LogP contribution in [0.3, 0.4) is 0 Å². The van der Waals surface area contributed by atoms with Crippen molar-refractivity contribution in [3.05, 3.63) is 34.4 Å². The van der Waals surface area contributed by atoms with Gasteiger partial charge in [0.05, 0.1) is 4.92 Å². The van der Waals surface area contributed by atoms with Gasteiger partial charge in [-0.25, -0.2) is 0 Å². The third kappa shape index (κ3) is 2.38. The van der Waals surface area contributed by atoms with Crippen molar-refractivity contribution in [2.45, 2.75) is 0 Å². The first kappa shape index (κ1) is 9.64. The molecule has 56 valence electrons. The number of nitro benzene ring substituents is 1. The van der Waals surface area contributed by atoms with E-state index in [0.717, 1.165) is 0 Å². The quantitative estimate of drug-likeness (QED) is 0.290. The maximum Gasteiger partial charge on any atom is 0.271 e. The zero-order valence-corrected chi connectivity index (χ0v) is 6.65. The third-order valence-corrected chi connectivity index (χ3v) is 1.08. The van der Waals surface area contributed by atoms with E-state index < -0.39 is 4.92 Å². The van der Waals surface area contributed by atoms with Gasteiger partial charge in [-0.15, -0.1) is 0 Å². The molecule has 0 aliphatic carbocycles. The Balaban J connectivity index is 0.000001000. The van der Waals surface area contributed by atoms with E-state index in [1.165, 1.54) is 12.1 Å². The molecule has 0 spiro atoms. The minimum absolute atomic E-state index is 0. The molecule has 5 heteroatoms. The monoisotopic (exact) mass is 166 g/mol. The molecule has 11 heavy (non-hydrogen) atoms. The normalized spacial score (nSPS) is 8.36. The molecule has 0 saturated carbocycles. The van der Waals surface area contributed by atoms with Crippen LogP contribution in [-0.4, -0.2) is 15.9 Å². The van der Waals surface area contributed by atoms with E-state index in [4.69, 9.17) is 5.73 Å². The predicted molar refractivity (Wildman–Crippen MR) is 43.3 cm³/mol. The Morgan fingerprint density at radius 2 is 2.09 bits per heavy atom. The van der Waals surface area contributed by atoms with Crippen LogP contribution in [-0.2, 0) is 0 Å². The molecule has 0 unspecified atom stereocenters. The SMILES string of the molecule is Nc1cccc([N+](=O)[O-])c1.[Si]. The Labute approximate surface area is 68.2 Å². The number of nitrogen functional groups attached to an aromatic ring is 1. The number of hydrogen-bond acceptors (Lipinski definition) is 3.